The molecule has 4 heteroatoms. The number of rotatable bonds is 3. The van der Waals surface area contributed by atoms with Crippen molar-refractivity contribution in [1.82, 2.24) is 5.48 Å². The lowest BCUT2D eigenvalue weighted by atomic mass is 10.2. The van der Waals surface area contributed by atoms with Crippen molar-refractivity contribution in [3.8, 4) is 0 Å². The summed E-state index contributed by atoms with van der Waals surface area (Å²) in [7, 11) is 0. The van der Waals surface area contributed by atoms with E-state index >= 15 is 0 Å². The highest BCUT2D eigenvalue weighted by Crippen LogP contribution is 2.15. The van der Waals surface area contributed by atoms with Crippen LogP contribution in [0.5, 0.6) is 0 Å². The molecule has 0 aliphatic carbocycles. The second-order valence-electron chi connectivity index (χ2n) is 3.03. The molecule has 1 aliphatic heterocycles. The zero-order chi connectivity index (χ0) is 10.5. The molecule has 1 aromatic carbocycles. The van der Waals surface area contributed by atoms with Crippen LogP contribution in [0.4, 0.5) is 0 Å². The Morgan fingerprint density at radius 3 is 2.73 bits per heavy atom. The smallest absolute Gasteiger partial charge is 0.167 e. The summed E-state index contributed by atoms with van der Waals surface area (Å²) < 4.78 is 0. The second kappa shape index (κ2) is 5.00. The number of thioether (sulfide) groups is 1. The first-order valence-electron chi connectivity index (χ1n) is 4.63. The molecule has 0 bridgehead atoms. The van der Waals surface area contributed by atoms with Crippen molar-refractivity contribution >= 4 is 23.7 Å². The maximum Gasteiger partial charge on any atom is 0.167 e. The third-order valence-electron chi connectivity index (χ3n) is 2.03. The molecule has 1 aliphatic rings. The Hall–Kier alpha value is -1.26. The predicted octanol–water partition coefficient (Wildman–Crippen LogP) is 2.31. The molecular formula is C11H12N2OS. The molecule has 0 spiro atoms. The minimum Gasteiger partial charge on any atom is -0.251 e. The molecule has 0 saturated heterocycles. The van der Waals surface area contributed by atoms with E-state index in [4.69, 9.17) is 4.84 Å². The highest BCUT2D eigenvalue weighted by atomic mass is 32.2. The number of aliphatic imine (C=N–C) groups is 1. The highest BCUT2D eigenvalue weighted by molar-refractivity contribution is 7.98. The van der Waals surface area contributed by atoms with Gasteiger partial charge in [-0.3, -0.25) is 4.84 Å². The predicted molar refractivity (Wildman–Crippen MR) is 63.8 cm³/mol. The van der Waals surface area contributed by atoms with Gasteiger partial charge in [-0.1, -0.05) is 18.2 Å². The average molecular weight is 220 g/mol. The number of hydroxylamine groups is 1. The molecule has 1 aromatic rings. The standard InChI is InChI=1S/C11H12N2OS/c1-15-10-5-2-9(3-6-10)4-7-11-12-8-14-13-11/h2-7H,8H2,1H3,(H,12,13). The molecule has 0 radical (unpaired) electrons. The molecular weight excluding hydrogens is 208 g/mol. The quantitative estimate of drug-likeness (QED) is 0.794. The van der Waals surface area contributed by atoms with E-state index in [1.54, 1.807) is 11.8 Å². The Morgan fingerprint density at radius 1 is 1.33 bits per heavy atom. The van der Waals surface area contributed by atoms with E-state index in [-0.39, 0.29) is 0 Å². The fourth-order valence-corrected chi connectivity index (χ4v) is 1.63. The molecule has 78 valence electrons. The van der Waals surface area contributed by atoms with E-state index in [1.165, 1.54) is 4.90 Å². The lowest BCUT2D eigenvalue weighted by Crippen LogP contribution is -2.13. The van der Waals surface area contributed by atoms with Crippen molar-refractivity contribution in [2.24, 2.45) is 4.99 Å². The summed E-state index contributed by atoms with van der Waals surface area (Å²) in [5, 5.41) is 0. The topological polar surface area (TPSA) is 33.6 Å². The number of benzene rings is 1. The van der Waals surface area contributed by atoms with E-state index < -0.39 is 0 Å². The van der Waals surface area contributed by atoms with Crippen molar-refractivity contribution < 1.29 is 4.84 Å². The van der Waals surface area contributed by atoms with Crippen LogP contribution in [-0.2, 0) is 4.84 Å². The van der Waals surface area contributed by atoms with Crippen LogP contribution in [-0.4, -0.2) is 18.8 Å². The van der Waals surface area contributed by atoms with Crippen molar-refractivity contribution in [3.05, 3.63) is 35.9 Å². The van der Waals surface area contributed by atoms with Gasteiger partial charge >= 0.3 is 0 Å². The minimum atomic E-state index is 0.394. The highest BCUT2D eigenvalue weighted by Gasteiger charge is 1.99. The third kappa shape index (κ3) is 2.84. The van der Waals surface area contributed by atoms with Crippen LogP contribution < -0.4 is 5.48 Å². The summed E-state index contributed by atoms with van der Waals surface area (Å²) in [5.41, 5.74) is 3.87. The average Bonchev–Trinajstić information content (AvgIpc) is 2.80. The summed E-state index contributed by atoms with van der Waals surface area (Å²) in [4.78, 5) is 10.2. The Labute approximate surface area is 93.2 Å². The van der Waals surface area contributed by atoms with E-state index in [9.17, 15) is 0 Å². The van der Waals surface area contributed by atoms with Gasteiger partial charge in [0.25, 0.3) is 0 Å². The number of nitrogens with zero attached hydrogens (tertiary/aromatic N) is 1. The first-order valence-corrected chi connectivity index (χ1v) is 5.85. The zero-order valence-corrected chi connectivity index (χ0v) is 9.25. The fraction of sp³-hybridized carbons (Fsp3) is 0.182. The summed E-state index contributed by atoms with van der Waals surface area (Å²) in [6.45, 7) is 0.394. The minimum absolute atomic E-state index is 0.394. The van der Waals surface area contributed by atoms with Gasteiger partial charge in [0.15, 0.2) is 6.73 Å². The van der Waals surface area contributed by atoms with Crippen LogP contribution in [0.3, 0.4) is 0 Å². The van der Waals surface area contributed by atoms with Crippen LogP contribution in [0.1, 0.15) is 5.56 Å². The Balaban J connectivity index is 2.03. The Bertz CT molecular complexity index is 384. The van der Waals surface area contributed by atoms with Gasteiger partial charge < -0.3 is 0 Å². The largest absolute Gasteiger partial charge is 0.251 e. The summed E-state index contributed by atoms with van der Waals surface area (Å²) in [6, 6.07) is 8.37. The van der Waals surface area contributed by atoms with Crippen molar-refractivity contribution in [3.63, 3.8) is 0 Å². The third-order valence-corrected chi connectivity index (χ3v) is 2.77. The Kier molecular flexibility index (Phi) is 3.42. The van der Waals surface area contributed by atoms with Crippen LogP contribution in [0.15, 0.2) is 40.2 Å². The van der Waals surface area contributed by atoms with E-state index in [2.05, 4.69) is 41.0 Å². The van der Waals surface area contributed by atoms with Gasteiger partial charge in [0.2, 0.25) is 0 Å². The molecule has 0 saturated carbocycles. The van der Waals surface area contributed by atoms with E-state index in [1.807, 2.05) is 12.2 Å². The van der Waals surface area contributed by atoms with E-state index in [0.29, 0.717) is 6.73 Å². The van der Waals surface area contributed by atoms with Gasteiger partial charge in [-0.05, 0) is 30.0 Å². The molecule has 0 aromatic heterocycles. The summed E-state index contributed by atoms with van der Waals surface area (Å²) >= 11 is 1.74. The van der Waals surface area contributed by atoms with Gasteiger partial charge in [0.1, 0.15) is 5.84 Å². The van der Waals surface area contributed by atoms with Crippen molar-refractivity contribution in [1.29, 1.82) is 0 Å². The van der Waals surface area contributed by atoms with Crippen LogP contribution in [0.25, 0.3) is 6.08 Å². The Morgan fingerprint density at radius 2 is 2.13 bits per heavy atom. The van der Waals surface area contributed by atoms with Crippen molar-refractivity contribution in [2.45, 2.75) is 4.90 Å². The molecule has 0 unspecified atom stereocenters. The van der Waals surface area contributed by atoms with Crippen LogP contribution in [0, 0.1) is 0 Å². The maximum absolute atomic E-state index is 4.87. The maximum atomic E-state index is 4.87. The molecule has 3 nitrogen and oxygen atoms in total. The van der Waals surface area contributed by atoms with Gasteiger partial charge in [0, 0.05) is 4.90 Å². The molecule has 1 heterocycles. The molecule has 0 fully saturated rings. The number of hydrogen-bond donors (Lipinski definition) is 1. The second-order valence-corrected chi connectivity index (χ2v) is 3.90. The zero-order valence-electron chi connectivity index (χ0n) is 8.43. The SMILES string of the molecule is CSc1ccc(C=CC2=NCON2)cc1. The first-order chi connectivity index (χ1) is 7.38. The lowest BCUT2D eigenvalue weighted by molar-refractivity contribution is 0.115. The fourth-order valence-electron chi connectivity index (χ4n) is 1.22. The molecule has 0 atom stereocenters. The van der Waals surface area contributed by atoms with Crippen LogP contribution in [0.2, 0.25) is 0 Å². The van der Waals surface area contributed by atoms with Gasteiger partial charge in [0.05, 0.1) is 0 Å². The number of hydrogen-bond acceptors (Lipinski definition) is 4. The molecule has 1 N–H and O–H groups in total. The monoisotopic (exact) mass is 220 g/mol. The summed E-state index contributed by atoms with van der Waals surface area (Å²) in [5.74, 6) is 0.768. The van der Waals surface area contributed by atoms with Gasteiger partial charge in [-0.15, -0.1) is 11.8 Å². The number of nitrogens with one attached hydrogen (secondary N) is 1. The normalized spacial score (nSPS) is 15.4. The summed E-state index contributed by atoms with van der Waals surface area (Å²) in [6.07, 6.45) is 5.98. The van der Waals surface area contributed by atoms with E-state index in [0.717, 1.165) is 11.4 Å². The number of amidine groups is 1. The van der Waals surface area contributed by atoms with Gasteiger partial charge in [-0.25, -0.2) is 10.5 Å². The van der Waals surface area contributed by atoms with Gasteiger partial charge in [-0.2, -0.15) is 0 Å². The lowest BCUT2D eigenvalue weighted by Gasteiger charge is -1.97. The first kappa shape index (κ1) is 10.3. The van der Waals surface area contributed by atoms with Crippen LogP contribution >= 0.6 is 11.8 Å². The molecule has 15 heavy (non-hydrogen) atoms. The molecule has 2 rings (SSSR count). The van der Waals surface area contributed by atoms with Crippen molar-refractivity contribution in [2.75, 3.05) is 13.0 Å². The molecule has 0 amide bonds.